The maximum atomic E-state index is 12.4. The van der Waals surface area contributed by atoms with Crippen molar-refractivity contribution in [1.82, 2.24) is 20.2 Å². The van der Waals surface area contributed by atoms with Gasteiger partial charge in [-0.25, -0.2) is 4.68 Å². The minimum atomic E-state index is -0.374. The molecular formula is C19H20ClN5OS. The fourth-order valence-electron chi connectivity index (χ4n) is 2.43. The lowest BCUT2D eigenvalue weighted by molar-refractivity contribution is -0.120. The van der Waals surface area contributed by atoms with Crippen LogP contribution in [0.15, 0.2) is 53.7 Å². The van der Waals surface area contributed by atoms with Crippen molar-refractivity contribution in [3.63, 3.8) is 0 Å². The molecule has 8 heteroatoms. The zero-order valence-electron chi connectivity index (χ0n) is 15.0. The van der Waals surface area contributed by atoms with Crippen LogP contribution in [0.5, 0.6) is 0 Å². The molecule has 1 atom stereocenters. The Morgan fingerprint density at radius 1 is 1.22 bits per heavy atom. The number of thioether (sulfide) groups is 1. The highest BCUT2D eigenvalue weighted by Gasteiger charge is 2.20. The van der Waals surface area contributed by atoms with Crippen LogP contribution in [-0.2, 0) is 11.3 Å². The first-order chi connectivity index (χ1) is 13.0. The molecule has 0 unspecified atom stereocenters. The van der Waals surface area contributed by atoms with Gasteiger partial charge in [-0.3, -0.25) is 4.79 Å². The van der Waals surface area contributed by atoms with Crippen molar-refractivity contribution in [2.24, 2.45) is 0 Å². The summed E-state index contributed by atoms with van der Waals surface area (Å²) >= 11 is 7.44. The van der Waals surface area contributed by atoms with Crippen molar-refractivity contribution in [1.29, 1.82) is 0 Å². The molecule has 0 bridgehead atoms. The van der Waals surface area contributed by atoms with Crippen LogP contribution in [0.3, 0.4) is 0 Å². The van der Waals surface area contributed by atoms with Crippen molar-refractivity contribution in [3.05, 3.63) is 64.7 Å². The van der Waals surface area contributed by atoms with E-state index in [0.29, 0.717) is 28.1 Å². The molecule has 0 aliphatic rings. The minimum Gasteiger partial charge on any atom is -0.351 e. The highest BCUT2D eigenvalue weighted by atomic mass is 35.5. The molecule has 27 heavy (non-hydrogen) atoms. The SMILES string of the molecule is Cc1ccc(CNC(=O)[C@H](C)Sc2nnc(-c3ccccc3Cl)n2N)cc1. The Balaban J connectivity index is 1.64. The number of nitrogens with two attached hydrogens (primary N) is 1. The van der Waals surface area contributed by atoms with E-state index in [2.05, 4.69) is 15.5 Å². The van der Waals surface area contributed by atoms with E-state index in [4.69, 9.17) is 17.4 Å². The maximum absolute atomic E-state index is 12.4. The van der Waals surface area contributed by atoms with Gasteiger partial charge < -0.3 is 11.2 Å². The Kier molecular flexibility index (Phi) is 6.03. The van der Waals surface area contributed by atoms with Crippen molar-refractivity contribution in [3.8, 4) is 11.4 Å². The number of benzene rings is 2. The van der Waals surface area contributed by atoms with Gasteiger partial charge in [0.05, 0.1) is 10.3 Å². The molecule has 1 heterocycles. The highest BCUT2D eigenvalue weighted by Crippen LogP contribution is 2.28. The molecule has 2 aromatic carbocycles. The first-order valence-electron chi connectivity index (χ1n) is 8.41. The molecule has 1 amide bonds. The van der Waals surface area contributed by atoms with E-state index < -0.39 is 0 Å². The smallest absolute Gasteiger partial charge is 0.233 e. The van der Waals surface area contributed by atoms with E-state index in [1.165, 1.54) is 22.0 Å². The molecule has 0 spiro atoms. The third-order valence-corrected chi connectivity index (χ3v) is 5.40. The van der Waals surface area contributed by atoms with Gasteiger partial charge in [0.15, 0.2) is 5.82 Å². The molecule has 0 saturated carbocycles. The molecule has 3 aromatic rings. The molecule has 140 valence electrons. The van der Waals surface area contributed by atoms with E-state index in [1.807, 2.05) is 49.4 Å². The predicted octanol–water partition coefficient (Wildman–Crippen LogP) is 3.42. The quantitative estimate of drug-likeness (QED) is 0.488. The summed E-state index contributed by atoms with van der Waals surface area (Å²) in [6.07, 6.45) is 0. The van der Waals surface area contributed by atoms with Gasteiger partial charge in [-0.2, -0.15) is 0 Å². The summed E-state index contributed by atoms with van der Waals surface area (Å²) in [5, 5.41) is 11.7. The maximum Gasteiger partial charge on any atom is 0.233 e. The lowest BCUT2D eigenvalue weighted by Gasteiger charge is -2.12. The monoisotopic (exact) mass is 401 g/mol. The first-order valence-corrected chi connectivity index (χ1v) is 9.67. The minimum absolute atomic E-state index is 0.0946. The summed E-state index contributed by atoms with van der Waals surface area (Å²) < 4.78 is 1.36. The molecule has 3 rings (SSSR count). The van der Waals surface area contributed by atoms with E-state index in [0.717, 1.165) is 5.56 Å². The number of hydrogen-bond donors (Lipinski definition) is 2. The van der Waals surface area contributed by atoms with Gasteiger partial charge in [-0.1, -0.05) is 65.3 Å². The Hall–Kier alpha value is -2.51. The average Bonchev–Trinajstić information content (AvgIpc) is 3.01. The molecule has 6 nitrogen and oxygen atoms in total. The number of nitrogens with zero attached hydrogens (tertiary/aromatic N) is 3. The third kappa shape index (κ3) is 4.61. The second kappa shape index (κ2) is 8.45. The number of rotatable bonds is 6. The van der Waals surface area contributed by atoms with Gasteiger partial charge >= 0.3 is 0 Å². The lowest BCUT2D eigenvalue weighted by Crippen LogP contribution is -2.30. The van der Waals surface area contributed by atoms with E-state index in [-0.39, 0.29) is 11.2 Å². The summed E-state index contributed by atoms with van der Waals surface area (Å²) in [5.74, 6) is 6.47. The number of halogens is 1. The zero-order chi connectivity index (χ0) is 19.4. The largest absolute Gasteiger partial charge is 0.351 e. The number of amides is 1. The second-order valence-corrected chi connectivity index (χ2v) is 7.83. The predicted molar refractivity (Wildman–Crippen MR) is 109 cm³/mol. The molecule has 0 radical (unpaired) electrons. The highest BCUT2D eigenvalue weighted by molar-refractivity contribution is 8.00. The van der Waals surface area contributed by atoms with Crippen LogP contribution in [0, 0.1) is 6.92 Å². The zero-order valence-corrected chi connectivity index (χ0v) is 16.6. The van der Waals surface area contributed by atoms with Gasteiger partial charge in [0.1, 0.15) is 0 Å². The van der Waals surface area contributed by atoms with E-state index in [9.17, 15) is 4.79 Å². The lowest BCUT2D eigenvalue weighted by atomic mass is 10.1. The molecule has 0 saturated heterocycles. The van der Waals surface area contributed by atoms with Crippen LogP contribution in [0.1, 0.15) is 18.1 Å². The Bertz CT molecular complexity index is 942. The number of nitrogens with one attached hydrogen (secondary N) is 1. The molecule has 0 fully saturated rings. The molecular weight excluding hydrogens is 382 g/mol. The fraction of sp³-hybridized carbons (Fsp3) is 0.211. The topological polar surface area (TPSA) is 85.8 Å². The van der Waals surface area contributed by atoms with Crippen LogP contribution in [0.4, 0.5) is 0 Å². The number of carbonyl (C=O) groups excluding carboxylic acids is 1. The van der Waals surface area contributed by atoms with Crippen LogP contribution < -0.4 is 11.2 Å². The Labute approximate surface area is 167 Å². The number of carbonyl (C=O) groups is 1. The standard InChI is InChI=1S/C19H20ClN5OS/c1-12-7-9-14(10-8-12)11-22-18(26)13(2)27-19-24-23-17(25(19)21)15-5-3-4-6-16(15)20/h3-10,13H,11,21H2,1-2H3,(H,22,26)/t13-/m0/s1. The molecule has 1 aromatic heterocycles. The van der Waals surface area contributed by atoms with Crippen molar-refractivity contribution < 1.29 is 4.79 Å². The van der Waals surface area contributed by atoms with Crippen LogP contribution in [-0.4, -0.2) is 26.0 Å². The second-order valence-electron chi connectivity index (χ2n) is 6.12. The molecule has 0 aliphatic carbocycles. The summed E-state index contributed by atoms with van der Waals surface area (Å²) in [5.41, 5.74) is 2.93. The number of hydrogen-bond acceptors (Lipinski definition) is 5. The third-order valence-electron chi connectivity index (χ3n) is 4.02. The fourth-order valence-corrected chi connectivity index (χ4v) is 3.45. The van der Waals surface area contributed by atoms with Crippen LogP contribution >= 0.6 is 23.4 Å². The van der Waals surface area contributed by atoms with Gasteiger partial charge in [0.25, 0.3) is 0 Å². The Morgan fingerprint density at radius 2 is 1.93 bits per heavy atom. The van der Waals surface area contributed by atoms with Crippen molar-refractivity contribution in [2.75, 3.05) is 5.84 Å². The van der Waals surface area contributed by atoms with Gasteiger partial charge in [-0.15, -0.1) is 10.2 Å². The van der Waals surface area contributed by atoms with E-state index in [1.54, 1.807) is 13.0 Å². The molecule has 3 N–H and O–H groups in total. The molecule has 0 aliphatic heterocycles. The van der Waals surface area contributed by atoms with Crippen LogP contribution in [0.2, 0.25) is 5.02 Å². The van der Waals surface area contributed by atoms with Crippen molar-refractivity contribution in [2.45, 2.75) is 30.8 Å². The van der Waals surface area contributed by atoms with E-state index >= 15 is 0 Å². The van der Waals surface area contributed by atoms with Crippen molar-refractivity contribution >= 4 is 29.3 Å². The summed E-state index contributed by atoms with van der Waals surface area (Å²) in [4.78, 5) is 12.4. The summed E-state index contributed by atoms with van der Waals surface area (Å²) in [6, 6.07) is 15.3. The van der Waals surface area contributed by atoms with Gasteiger partial charge in [0.2, 0.25) is 11.1 Å². The summed E-state index contributed by atoms with van der Waals surface area (Å²) in [7, 11) is 0. The normalized spacial score (nSPS) is 12.0. The number of aryl methyl sites for hydroxylation is 1. The number of nitrogen functional groups attached to an aromatic ring is 1. The summed E-state index contributed by atoms with van der Waals surface area (Å²) in [6.45, 7) is 4.31. The number of aromatic nitrogens is 3. The van der Waals surface area contributed by atoms with Gasteiger partial charge in [-0.05, 0) is 31.5 Å². The average molecular weight is 402 g/mol. The Morgan fingerprint density at radius 3 is 2.63 bits per heavy atom. The van der Waals surface area contributed by atoms with Crippen LogP contribution in [0.25, 0.3) is 11.4 Å². The van der Waals surface area contributed by atoms with Gasteiger partial charge in [0, 0.05) is 12.1 Å². The first kappa shape index (κ1) is 19.3.